The Morgan fingerprint density at radius 1 is 1.05 bits per heavy atom. The Bertz CT molecular complexity index is 662. The van der Waals surface area contributed by atoms with Gasteiger partial charge in [-0.25, -0.2) is 0 Å². The van der Waals surface area contributed by atoms with Crippen LogP contribution in [0.4, 0.5) is 5.69 Å². The second-order valence-corrected chi connectivity index (χ2v) is 6.09. The van der Waals surface area contributed by atoms with Crippen molar-refractivity contribution < 1.29 is 4.79 Å². The van der Waals surface area contributed by atoms with E-state index >= 15 is 0 Å². The van der Waals surface area contributed by atoms with Crippen molar-refractivity contribution >= 4 is 34.7 Å². The lowest BCUT2D eigenvalue weighted by atomic mass is 10.1. The number of carbonyl (C=O) groups is 1. The number of hydrogen-bond acceptors (Lipinski definition) is 2. The fourth-order valence-corrected chi connectivity index (χ4v) is 2.79. The first-order chi connectivity index (χ1) is 9.86. The number of Topliss-reactive ketones (excluding diaryl/α,β-unsaturated/α-hetero) is 1. The monoisotopic (exact) mass is 321 g/mol. The summed E-state index contributed by atoms with van der Waals surface area (Å²) in [4.78, 5) is 14.3. The summed E-state index contributed by atoms with van der Waals surface area (Å²) >= 11 is 11.9. The van der Waals surface area contributed by atoms with Gasteiger partial charge < -0.3 is 4.90 Å². The second-order valence-electron chi connectivity index (χ2n) is 5.25. The summed E-state index contributed by atoms with van der Waals surface area (Å²) < 4.78 is 0. The Morgan fingerprint density at radius 2 is 1.67 bits per heavy atom. The van der Waals surface area contributed by atoms with E-state index in [2.05, 4.69) is 18.2 Å². The van der Waals surface area contributed by atoms with Crippen LogP contribution in [0.15, 0.2) is 36.4 Å². The zero-order valence-electron chi connectivity index (χ0n) is 12.3. The maximum atomic E-state index is 12.4. The highest BCUT2D eigenvalue weighted by Crippen LogP contribution is 2.23. The molecule has 2 rings (SSSR count). The van der Waals surface area contributed by atoms with Crippen LogP contribution in [-0.4, -0.2) is 19.4 Å². The minimum Gasteiger partial charge on any atom is -0.367 e. The lowest BCUT2D eigenvalue weighted by Gasteiger charge is -2.20. The molecule has 2 aromatic rings. The minimum atomic E-state index is -0.0293. The van der Waals surface area contributed by atoms with E-state index in [4.69, 9.17) is 23.2 Å². The molecule has 0 aliphatic carbocycles. The van der Waals surface area contributed by atoms with Crippen LogP contribution in [0.1, 0.15) is 21.5 Å². The van der Waals surface area contributed by atoms with Gasteiger partial charge in [0.15, 0.2) is 5.78 Å². The predicted molar refractivity (Wildman–Crippen MR) is 90.0 cm³/mol. The maximum absolute atomic E-state index is 12.4. The van der Waals surface area contributed by atoms with Crippen LogP contribution >= 0.6 is 23.2 Å². The Balaban J connectivity index is 2.18. The SMILES string of the molecule is Cc1cc(C)cc(N(C)CC(=O)c2ccc(Cl)cc2Cl)c1. The van der Waals surface area contributed by atoms with E-state index < -0.39 is 0 Å². The third-order valence-corrected chi connectivity index (χ3v) is 3.81. The first kappa shape index (κ1) is 15.9. The number of likely N-dealkylation sites (N-methyl/N-ethyl adjacent to an activating group) is 1. The third-order valence-electron chi connectivity index (χ3n) is 3.26. The summed E-state index contributed by atoms with van der Waals surface area (Å²) in [5.41, 5.74) is 3.87. The molecule has 0 unspecified atom stereocenters. The summed E-state index contributed by atoms with van der Waals surface area (Å²) in [6.45, 7) is 4.36. The minimum absolute atomic E-state index is 0.0293. The summed E-state index contributed by atoms with van der Waals surface area (Å²) in [6.07, 6.45) is 0. The lowest BCUT2D eigenvalue weighted by molar-refractivity contribution is 0.100. The Morgan fingerprint density at radius 3 is 2.24 bits per heavy atom. The molecule has 0 spiro atoms. The molecule has 21 heavy (non-hydrogen) atoms. The van der Waals surface area contributed by atoms with Crippen LogP contribution in [0.25, 0.3) is 0 Å². The molecule has 0 heterocycles. The highest BCUT2D eigenvalue weighted by Gasteiger charge is 2.14. The molecule has 0 N–H and O–H groups in total. The molecule has 0 amide bonds. The standard InChI is InChI=1S/C17H17Cl2NO/c1-11-6-12(2)8-14(7-11)20(3)10-17(21)15-5-4-13(18)9-16(15)19/h4-9H,10H2,1-3H3. The van der Waals surface area contributed by atoms with Crippen molar-refractivity contribution in [2.24, 2.45) is 0 Å². The number of carbonyl (C=O) groups excluding carboxylic acids is 1. The molecule has 110 valence electrons. The molecule has 0 fully saturated rings. The van der Waals surface area contributed by atoms with Gasteiger partial charge in [-0.05, 0) is 55.3 Å². The van der Waals surface area contributed by atoms with Crippen LogP contribution in [0, 0.1) is 13.8 Å². The average Bonchev–Trinajstić information content (AvgIpc) is 2.37. The molecule has 0 bridgehead atoms. The Kier molecular flexibility index (Phi) is 4.92. The number of hydrogen-bond donors (Lipinski definition) is 0. The van der Waals surface area contributed by atoms with Crippen molar-refractivity contribution in [2.45, 2.75) is 13.8 Å². The molecule has 2 aromatic carbocycles. The van der Waals surface area contributed by atoms with Crippen LogP contribution in [-0.2, 0) is 0 Å². The molecule has 0 radical (unpaired) electrons. The van der Waals surface area contributed by atoms with Crippen molar-refractivity contribution in [2.75, 3.05) is 18.5 Å². The maximum Gasteiger partial charge on any atom is 0.183 e. The van der Waals surface area contributed by atoms with Crippen molar-refractivity contribution in [3.05, 3.63) is 63.1 Å². The molecular weight excluding hydrogens is 305 g/mol. The van der Waals surface area contributed by atoms with Crippen molar-refractivity contribution in [3.8, 4) is 0 Å². The van der Waals surface area contributed by atoms with Gasteiger partial charge in [0.1, 0.15) is 0 Å². The summed E-state index contributed by atoms with van der Waals surface area (Å²) in [5, 5.41) is 0.917. The first-order valence-electron chi connectivity index (χ1n) is 6.64. The summed E-state index contributed by atoms with van der Waals surface area (Å²) in [5.74, 6) is -0.0293. The molecule has 0 aliphatic rings. The number of nitrogens with zero attached hydrogens (tertiary/aromatic N) is 1. The van der Waals surface area contributed by atoms with Crippen molar-refractivity contribution in [1.82, 2.24) is 0 Å². The van der Waals surface area contributed by atoms with Crippen LogP contribution < -0.4 is 4.90 Å². The van der Waals surface area contributed by atoms with Gasteiger partial charge in [0.05, 0.1) is 11.6 Å². The normalized spacial score (nSPS) is 10.5. The van der Waals surface area contributed by atoms with Gasteiger partial charge in [0.25, 0.3) is 0 Å². The van der Waals surface area contributed by atoms with Crippen LogP contribution in [0.2, 0.25) is 10.0 Å². The second kappa shape index (κ2) is 6.50. The van der Waals surface area contributed by atoms with Crippen LogP contribution in [0.3, 0.4) is 0 Å². The largest absolute Gasteiger partial charge is 0.367 e. The number of anilines is 1. The van der Waals surface area contributed by atoms with E-state index in [0.717, 1.165) is 5.69 Å². The van der Waals surface area contributed by atoms with Crippen molar-refractivity contribution in [3.63, 3.8) is 0 Å². The smallest absolute Gasteiger partial charge is 0.183 e. The molecule has 0 atom stereocenters. The average molecular weight is 322 g/mol. The van der Waals surface area contributed by atoms with Gasteiger partial charge in [-0.15, -0.1) is 0 Å². The summed E-state index contributed by atoms with van der Waals surface area (Å²) in [6, 6.07) is 11.2. The van der Waals surface area contributed by atoms with Gasteiger partial charge in [0.2, 0.25) is 0 Å². The van der Waals surface area contributed by atoms with E-state index in [1.54, 1.807) is 18.2 Å². The Labute approximate surface area is 135 Å². The number of rotatable bonds is 4. The summed E-state index contributed by atoms with van der Waals surface area (Å²) in [7, 11) is 1.90. The highest BCUT2D eigenvalue weighted by atomic mass is 35.5. The highest BCUT2D eigenvalue weighted by molar-refractivity contribution is 6.36. The quantitative estimate of drug-likeness (QED) is 0.744. The molecule has 0 saturated heterocycles. The van der Waals surface area contributed by atoms with Crippen LogP contribution in [0.5, 0.6) is 0 Å². The number of ketones is 1. The van der Waals surface area contributed by atoms with Gasteiger partial charge in [-0.3, -0.25) is 4.79 Å². The fraction of sp³-hybridized carbons (Fsp3) is 0.235. The number of benzene rings is 2. The predicted octanol–water partition coefficient (Wildman–Crippen LogP) is 4.93. The van der Waals surface area contributed by atoms with Gasteiger partial charge in [0, 0.05) is 23.3 Å². The Hall–Kier alpha value is -1.51. The van der Waals surface area contributed by atoms with E-state index in [0.29, 0.717) is 15.6 Å². The fourth-order valence-electron chi connectivity index (χ4n) is 2.28. The molecule has 2 nitrogen and oxygen atoms in total. The topological polar surface area (TPSA) is 20.3 Å². The van der Waals surface area contributed by atoms with E-state index in [9.17, 15) is 4.79 Å². The van der Waals surface area contributed by atoms with Gasteiger partial charge in [-0.1, -0.05) is 29.3 Å². The molecule has 0 saturated carbocycles. The van der Waals surface area contributed by atoms with Gasteiger partial charge in [-0.2, -0.15) is 0 Å². The van der Waals surface area contributed by atoms with E-state index in [-0.39, 0.29) is 12.3 Å². The zero-order valence-corrected chi connectivity index (χ0v) is 13.8. The molecular formula is C17H17Cl2NO. The van der Waals surface area contributed by atoms with Crippen molar-refractivity contribution in [1.29, 1.82) is 0 Å². The number of halogens is 2. The van der Waals surface area contributed by atoms with E-state index in [1.807, 2.05) is 25.8 Å². The molecule has 0 aliphatic heterocycles. The van der Waals surface area contributed by atoms with E-state index in [1.165, 1.54) is 11.1 Å². The third kappa shape index (κ3) is 3.99. The number of aryl methyl sites for hydroxylation is 2. The zero-order chi connectivity index (χ0) is 15.6. The first-order valence-corrected chi connectivity index (χ1v) is 7.40. The lowest BCUT2D eigenvalue weighted by Crippen LogP contribution is -2.26. The molecule has 4 heteroatoms. The molecule has 0 aromatic heterocycles. The van der Waals surface area contributed by atoms with Gasteiger partial charge >= 0.3 is 0 Å².